The van der Waals surface area contributed by atoms with Crippen LogP contribution in [0.4, 0.5) is 34.5 Å². The summed E-state index contributed by atoms with van der Waals surface area (Å²) in [6, 6.07) is 87.5. The molecule has 0 radical (unpaired) electrons. The number of pyridine rings is 3. The number of hydrogen-bond acceptors (Lipinski definition) is 15. The molecule has 6 heterocycles. The molecule has 12 aromatic rings. The molecule has 18 nitrogen and oxygen atoms in total. The summed E-state index contributed by atoms with van der Waals surface area (Å²) in [5.74, 6) is 8.81. The molecular formula is C107H123N10O8S+3. The Morgan fingerprint density at radius 3 is 0.960 bits per heavy atom. The van der Waals surface area contributed by atoms with E-state index < -0.39 is 9.84 Å². The number of aromatic nitrogens is 3. The first-order valence-electron chi connectivity index (χ1n) is 44.7. The van der Waals surface area contributed by atoms with Gasteiger partial charge in [0.2, 0.25) is 17.6 Å². The van der Waals surface area contributed by atoms with Crippen LogP contribution in [0.3, 0.4) is 0 Å². The number of carbonyl (C=O) groups excluding carboxylic acids is 3. The van der Waals surface area contributed by atoms with Gasteiger partial charge in [-0.25, -0.2) is 8.42 Å². The lowest BCUT2D eigenvalue weighted by atomic mass is 10.0. The van der Waals surface area contributed by atoms with Crippen LogP contribution in [0.15, 0.2) is 284 Å². The number of anilines is 6. The van der Waals surface area contributed by atoms with Crippen molar-refractivity contribution in [1.82, 2.24) is 4.90 Å². The Kier molecular flexibility index (Phi) is 32.0. The monoisotopic (exact) mass is 1710 g/mol. The first-order valence-corrected chi connectivity index (χ1v) is 46.4. The molecule has 9 aromatic carbocycles. The van der Waals surface area contributed by atoms with Gasteiger partial charge in [0.15, 0.2) is 27.1 Å². The highest BCUT2D eigenvalue weighted by Gasteiger charge is 2.32. The van der Waals surface area contributed by atoms with Crippen molar-refractivity contribution < 1.29 is 50.7 Å². The fourth-order valence-corrected chi connectivity index (χ4v) is 17.4. The van der Waals surface area contributed by atoms with Crippen molar-refractivity contribution in [2.24, 2.45) is 0 Å². The quantitative estimate of drug-likeness (QED) is 0.0266. The first-order chi connectivity index (χ1) is 61.3. The molecule has 0 fully saturated rings. The third-order valence-electron chi connectivity index (χ3n) is 23.6. The van der Waals surface area contributed by atoms with Gasteiger partial charge in [-0.05, 0) is 173 Å². The normalized spacial score (nSPS) is 13.5. The van der Waals surface area contributed by atoms with Gasteiger partial charge < -0.3 is 33.8 Å². The average molecular weight is 1710 g/mol. The van der Waals surface area contributed by atoms with E-state index in [-0.39, 0.29) is 18.0 Å². The van der Waals surface area contributed by atoms with Crippen LogP contribution in [0, 0.1) is 0 Å². The Morgan fingerprint density at radius 1 is 0.349 bits per heavy atom. The van der Waals surface area contributed by atoms with E-state index in [1.807, 2.05) is 125 Å². The van der Waals surface area contributed by atoms with E-state index in [0.717, 1.165) is 193 Å². The fourth-order valence-electron chi connectivity index (χ4n) is 16.7. The minimum atomic E-state index is -3.28. The third-order valence-corrected chi connectivity index (χ3v) is 25.0. The van der Waals surface area contributed by atoms with Crippen molar-refractivity contribution in [2.45, 2.75) is 129 Å². The molecular weight excluding hydrogens is 1590 g/mol. The number of ketones is 3. The van der Waals surface area contributed by atoms with Crippen LogP contribution in [0.5, 0.6) is 17.2 Å². The fraction of sp³-hybridized carbons (Fsp3) is 0.308. The summed E-state index contributed by atoms with van der Waals surface area (Å²) < 4.78 is 48.9. The predicted molar refractivity (Wildman–Crippen MR) is 518 cm³/mol. The lowest BCUT2D eigenvalue weighted by Gasteiger charge is -2.19. The molecule has 0 saturated heterocycles. The molecule has 0 N–H and O–H groups in total. The first kappa shape index (κ1) is 91.0. The molecule has 0 atom stereocenters. The molecule has 0 amide bonds. The van der Waals surface area contributed by atoms with Crippen molar-refractivity contribution in [1.29, 1.82) is 0 Å². The molecule has 0 saturated carbocycles. The number of fused-ring (bicyclic) bond motifs is 6. The summed E-state index contributed by atoms with van der Waals surface area (Å²) in [5, 5.41) is 4.33. The predicted octanol–water partition coefficient (Wildman–Crippen LogP) is 21.4. The standard InChI is InChI=1S/C38H46N3O2.C35H41N4O2.C34H36N3O4S/c1-4-5-6-7-8-9-13-21-32(42)22-18-27-39(2)37-28-30(29-38-40(3)35-25-16-17-26-36(35)43-38)33-23-14-15-24-34(33)41(37)31-19-11-10-12-20-31;1-36(2)23-13-12-17-29(40)18-14-24-37(3)34-25-27(26-35-38(4)32-21-10-11-22-33(32)41-35)30-19-8-9-20-31(30)39(34)28-15-6-5-7-16-28;1-4-42(39,40)23-13-17-28(38)16-12-22-35(2)33-24-26(25-34-36(3)31-20-10-11-21-32(31)41-34)29-18-8-9-19-30(29)37(33)27-14-6-5-7-15-27/h10-12,14-17,19-20,23-26,28-29H,4-9,13,18,21-22,27H2,1-3H3;5-11,15-16,19-22,25-26H,12-14,17-18,23-24H2,1-4H3;4-11,14-15,18-21,24-25H,1,12-13,16-17,22-23H2,2-3H3/q3*+1. The number of para-hydroxylation sites is 12. The van der Waals surface area contributed by atoms with Gasteiger partial charge in [0, 0.05) is 118 Å². The molecule has 15 rings (SSSR count). The van der Waals surface area contributed by atoms with E-state index in [2.05, 4.69) is 266 Å². The van der Waals surface area contributed by atoms with Gasteiger partial charge in [-0.15, -0.1) is 0 Å². The molecule has 126 heavy (non-hydrogen) atoms. The van der Waals surface area contributed by atoms with Crippen LogP contribution in [0.2, 0.25) is 0 Å². The molecule has 3 aromatic heterocycles. The number of unbranched alkanes of at least 4 members (excludes halogenated alkanes) is 7. The SMILES string of the molecule is C=CS(=O)(=O)CCCC(=O)CCCN(C)c1cc(C=C2Oc3ccccc3N2C)c2ccccc2[n+]1-c1ccccc1.CCCCCCCCCC(=O)CCCN(C)c1cc(C=C2Oc3ccccc3N2C)c2ccccc2[n+]1-c1ccccc1.CN(C)CCCCC(=O)CCCN(C)c1cc(C=C2Oc3ccccc3N2C)c2ccccc2[n+]1-c1ccccc1. The molecule has 3 aliphatic rings. The van der Waals surface area contributed by atoms with Crippen molar-refractivity contribution in [3.05, 3.63) is 301 Å². The van der Waals surface area contributed by atoms with E-state index >= 15 is 0 Å². The third kappa shape index (κ3) is 23.3. The second-order valence-corrected chi connectivity index (χ2v) is 35.3. The van der Waals surface area contributed by atoms with Crippen LogP contribution in [0.1, 0.15) is 146 Å². The summed E-state index contributed by atoms with van der Waals surface area (Å²) in [7, 11) is 13.2. The Bertz CT molecular complexity index is 5980. The van der Waals surface area contributed by atoms with E-state index in [1.165, 1.54) is 38.5 Å². The number of ether oxygens (including phenoxy) is 3. The van der Waals surface area contributed by atoms with Crippen LogP contribution < -0.4 is 57.3 Å². The van der Waals surface area contributed by atoms with E-state index in [0.29, 0.717) is 63.1 Å². The van der Waals surface area contributed by atoms with Gasteiger partial charge in [0.05, 0.1) is 63.6 Å². The van der Waals surface area contributed by atoms with Crippen molar-refractivity contribution >= 4 is 113 Å². The summed E-state index contributed by atoms with van der Waals surface area (Å²) >= 11 is 0. The van der Waals surface area contributed by atoms with Gasteiger partial charge in [0.25, 0.3) is 17.5 Å². The second kappa shape index (κ2) is 44.2. The molecule has 0 spiro atoms. The zero-order valence-electron chi connectivity index (χ0n) is 74.9. The molecule has 0 aliphatic carbocycles. The minimum absolute atomic E-state index is 0.0431. The molecule has 19 heteroatoms. The summed E-state index contributed by atoms with van der Waals surface area (Å²) in [6.45, 7) is 8.84. The Hall–Kier alpha value is -12.7. The Balaban J connectivity index is 0.000000162. The molecule has 3 aliphatic heterocycles. The smallest absolute Gasteiger partial charge is 0.282 e. The summed E-state index contributed by atoms with van der Waals surface area (Å²) in [4.78, 5) is 52.9. The Labute approximate surface area is 745 Å². The minimum Gasteiger partial charge on any atom is -0.439 e. The zero-order valence-corrected chi connectivity index (χ0v) is 75.7. The molecule has 0 bridgehead atoms. The van der Waals surface area contributed by atoms with E-state index in [9.17, 15) is 22.8 Å². The lowest BCUT2D eigenvalue weighted by molar-refractivity contribution is -0.554. The number of carbonyl (C=O) groups is 3. The highest BCUT2D eigenvalue weighted by molar-refractivity contribution is 7.94. The maximum atomic E-state index is 12.7. The Morgan fingerprint density at radius 2 is 0.635 bits per heavy atom. The lowest BCUT2D eigenvalue weighted by Crippen LogP contribution is -2.40. The number of sulfone groups is 1. The van der Waals surface area contributed by atoms with Gasteiger partial charge in [0.1, 0.15) is 51.0 Å². The van der Waals surface area contributed by atoms with E-state index in [4.69, 9.17) is 14.2 Å². The van der Waals surface area contributed by atoms with Gasteiger partial charge in [-0.2, -0.15) is 13.7 Å². The second-order valence-electron chi connectivity index (χ2n) is 33.2. The maximum Gasteiger partial charge on any atom is 0.282 e. The van der Waals surface area contributed by atoms with Gasteiger partial charge in [-0.3, -0.25) is 29.1 Å². The van der Waals surface area contributed by atoms with Crippen LogP contribution >= 0.6 is 0 Å². The summed E-state index contributed by atoms with van der Waals surface area (Å²) in [6.07, 6.45) is 23.0. The number of rotatable bonds is 39. The molecule has 652 valence electrons. The van der Waals surface area contributed by atoms with Crippen LogP contribution in [-0.2, 0) is 24.2 Å². The number of benzene rings is 9. The number of nitrogens with zero attached hydrogens (tertiary/aromatic N) is 10. The highest BCUT2D eigenvalue weighted by Crippen LogP contribution is 2.42. The van der Waals surface area contributed by atoms with Crippen LogP contribution in [-0.4, -0.2) is 119 Å². The molecule has 0 unspecified atom stereocenters. The number of hydrogen-bond donors (Lipinski definition) is 0. The van der Waals surface area contributed by atoms with Gasteiger partial charge in [-0.1, -0.05) is 198 Å². The van der Waals surface area contributed by atoms with Crippen molar-refractivity contribution in [3.63, 3.8) is 0 Å². The largest absolute Gasteiger partial charge is 0.439 e. The van der Waals surface area contributed by atoms with Crippen LogP contribution in [0.25, 0.3) is 68.0 Å². The summed E-state index contributed by atoms with van der Waals surface area (Å²) in [5.41, 5.74) is 12.9. The highest BCUT2D eigenvalue weighted by atomic mass is 32.2. The van der Waals surface area contributed by atoms with E-state index in [1.54, 1.807) is 0 Å². The maximum absolute atomic E-state index is 12.7. The van der Waals surface area contributed by atoms with Gasteiger partial charge >= 0.3 is 0 Å². The zero-order chi connectivity index (χ0) is 88.5. The van der Waals surface area contributed by atoms with Crippen molar-refractivity contribution in [3.8, 4) is 34.3 Å². The average Bonchev–Trinajstić information content (AvgIpc) is 1.02. The number of Topliss-reactive ketones (excluding diaryl/α,β-unsaturated/α-hetero) is 3. The topological polar surface area (TPSA) is 147 Å². The van der Waals surface area contributed by atoms with Crippen molar-refractivity contribution in [2.75, 3.05) is 118 Å².